The van der Waals surface area contributed by atoms with E-state index in [0.717, 1.165) is 36.9 Å². The summed E-state index contributed by atoms with van der Waals surface area (Å²) in [4.78, 5) is 22.7. The molecule has 0 aliphatic heterocycles. The van der Waals surface area contributed by atoms with Gasteiger partial charge in [-0.25, -0.2) is 0 Å². The summed E-state index contributed by atoms with van der Waals surface area (Å²) in [6.07, 6.45) is -1.23. The lowest BCUT2D eigenvalue weighted by atomic mass is 9.95. The van der Waals surface area contributed by atoms with E-state index in [1.807, 2.05) is 0 Å². The molecule has 0 unspecified atom stereocenters. The number of nitrogens with one attached hydrogen (secondary N) is 2. The van der Waals surface area contributed by atoms with E-state index in [0.29, 0.717) is 5.69 Å². The van der Waals surface area contributed by atoms with Crippen molar-refractivity contribution in [2.24, 2.45) is 7.05 Å². The molecule has 22 heavy (non-hydrogen) atoms. The van der Waals surface area contributed by atoms with Gasteiger partial charge in [0.2, 0.25) is 0 Å². The zero-order valence-electron chi connectivity index (χ0n) is 12.1. The van der Waals surface area contributed by atoms with Crippen LogP contribution in [-0.4, -0.2) is 40.9 Å². The maximum absolute atomic E-state index is 12.0. The molecule has 1 aliphatic rings. The molecule has 0 radical (unpaired) electrons. The fourth-order valence-electron chi connectivity index (χ4n) is 2.49. The first-order valence-corrected chi connectivity index (χ1v) is 6.98. The Balaban J connectivity index is 1.87. The minimum Gasteiger partial charge on any atom is -0.349 e. The van der Waals surface area contributed by atoms with Crippen LogP contribution in [0.2, 0.25) is 0 Å². The molecule has 0 atom stereocenters. The Morgan fingerprint density at radius 1 is 1.18 bits per heavy atom. The van der Waals surface area contributed by atoms with Gasteiger partial charge in [-0.2, -0.15) is 18.3 Å². The van der Waals surface area contributed by atoms with Gasteiger partial charge in [0, 0.05) is 31.4 Å². The minimum absolute atomic E-state index is 0.0913. The molecule has 1 aromatic rings. The van der Waals surface area contributed by atoms with Crippen LogP contribution in [0.25, 0.3) is 0 Å². The maximum atomic E-state index is 12.0. The number of nitrogens with zero attached hydrogens (tertiary/aromatic N) is 2. The number of aromatic nitrogens is 2. The molecular weight excluding hydrogens is 301 g/mol. The van der Waals surface area contributed by atoms with Gasteiger partial charge >= 0.3 is 12.1 Å². The van der Waals surface area contributed by atoms with E-state index in [1.165, 1.54) is 0 Å². The van der Waals surface area contributed by atoms with Gasteiger partial charge in [-0.3, -0.25) is 14.3 Å². The molecule has 0 saturated heterocycles. The van der Waals surface area contributed by atoms with E-state index >= 15 is 0 Å². The molecule has 1 aromatic heterocycles. The first-order valence-electron chi connectivity index (χ1n) is 6.98. The lowest BCUT2D eigenvalue weighted by Crippen LogP contribution is -2.41. The number of hydrogen-bond acceptors (Lipinski definition) is 3. The minimum atomic E-state index is -4.91. The standard InChI is InChI=1S/C13H17F3N4O2/c1-20-9-5-3-2-4-8(9)10(19-20)11(21)17-6-7-18-12(22)13(14,15)16/h2-7H2,1H3,(H,17,21)(H,18,22). The molecule has 0 aromatic carbocycles. The third-order valence-corrected chi connectivity index (χ3v) is 3.53. The van der Waals surface area contributed by atoms with Crippen molar-refractivity contribution >= 4 is 11.8 Å². The Bertz CT molecular complexity index is 581. The number of alkyl halides is 3. The highest BCUT2D eigenvalue weighted by Crippen LogP contribution is 2.23. The number of fused-ring (bicyclic) bond motifs is 1. The molecule has 1 heterocycles. The molecule has 6 nitrogen and oxygen atoms in total. The van der Waals surface area contributed by atoms with Crippen molar-refractivity contribution in [3.05, 3.63) is 17.0 Å². The number of carbonyl (C=O) groups is 2. The van der Waals surface area contributed by atoms with Gasteiger partial charge in [-0.1, -0.05) is 0 Å². The lowest BCUT2D eigenvalue weighted by molar-refractivity contribution is -0.173. The van der Waals surface area contributed by atoms with Crippen LogP contribution in [0, 0.1) is 0 Å². The van der Waals surface area contributed by atoms with Crippen molar-refractivity contribution in [1.29, 1.82) is 0 Å². The van der Waals surface area contributed by atoms with Gasteiger partial charge in [0.25, 0.3) is 5.91 Å². The van der Waals surface area contributed by atoms with Crippen LogP contribution in [0.3, 0.4) is 0 Å². The van der Waals surface area contributed by atoms with E-state index in [-0.39, 0.29) is 13.1 Å². The Hall–Kier alpha value is -2.06. The lowest BCUT2D eigenvalue weighted by Gasteiger charge is -2.12. The van der Waals surface area contributed by atoms with E-state index in [9.17, 15) is 22.8 Å². The smallest absolute Gasteiger partial charge is 0.349 e. The second-order valence-corrected chi connectivity index (χ2v) is 5.11. The summed E-state index contributed by atoms with van der Waals surface area (Å²) in [5.41, 5.74) is 2.26. The topological polar surface area (TPSA) is 76.0 Å². The number of carbonyl (C=O) groups excluding carboxylic acids is 2. The predicted octanol–water partition coefficient (Wildman–Crippen LogP) is 0.707. The summed E-state index contributed by atoms with van der Waals surface area (Å²) in [6, 6.07) is 0. The van der Waals surface area contributed by atoms with Crippen molar-refractivity contribution in [3.63, 3.8) is 0 Å². The third kappa shape index (κ3) is 3.58. The summed E-state index contributed by atoms with van der Waals surface area (Å²) in [5.74, 6) is -2.45. The Kier molecular flexibility index (Phi) is 4.72. The summed E-state index contributed by atoms with van der Waals surface area (Å²) in [7, 11) is 1.77. The van der Waals surface area contributed by atoms with Gasteiger partial charge in [0.15, 0.2) is 5.69 Å². The zero-order valence-corrected chi connectivity index (χ0v) is 12.1. The second-order valence-electron chi connectivity index (χ2n) is 5.11. The van der Waals surface area contributed by atoms with E-state index in [2.05, 4.69) is 10.4 Å². The fourth-order valence-corrected chi connectivity index (χ4v) is 2.49. The number of hydrogen-bond donors (Lipinski definition) is 2. The van der Waals surface area contributed by atoms with Gasteiger partial charge in [-0.05, 0) is 25.7 Å². The average molecular weight is 318 g/mol. The molecule has 0 saturated carbocycles. The summed E-state index contributed by atoms with van der Waals surface area (Å²) < 4.78 is 37.6. The molecule has 2 N–H and O–H groups in total. The van der Waals surface area contributed by atoms with Crippen LogP contribution < -0.4 is 10.6 Å². The van der Waals surface area contributed by atoms with Crippen molar-refractivity contribution < 1.29 is 22.8 Å². The van der Waals surface area contributed by atoms with E-state index in [1.54, 1.807) is 17.0 Å². The summed E-state index contributed by atoms with van der Waals surface area (Å²) >= 11 is 0. The first kappa shape index (κ1) is 16.3. The fraction of sp³-hybridized carbons (Fsp3) is 0.615. The van der Waals surface area contributed by atoms with Crippen molar-refractivity contribution in [3.8, 4) is 0 Å². The Morgan fingerprint density at radius 2 is 1.82 bits per heavy atom. The van der Waals surface area contributed by atoms with Crippen LogP contribution >= 0.6 is 0 Å². The molecule has 122 valence electrons. The molecular formula is C13H17F3N4O2. The largest absolute Gasteiger partial charge is 0.471 e. The monoisotopic (exact) mass is 318 g/mol. The molecule has 0 bridgehead atoms. The average Bonchev–Trinajstić information content (AvgIpc) is 2.80. The molecule has 2 rings (SSSR count). The maximum Gasteiger partial charge on any atom is 0.471 e. The quantitative estimate of drug-likeness (QED) is 0.803. The van der Waals surface area contributed by atoms with Crippen molar-refractivity contribution in [2.75, 3.05) is 13.1 Å². The van der Waals surface area contributed by atoms with Gasteiger partial charge in [0.05, 0.1) is 0 Å². The van der Waals surface area contributed by atoms with Crippen LogP contribution in [0.4, 0.5) is 13.2 Å². The highest BCUT2D eigenvalue weighted by Gasteiger charge is 2.38. The predicted molar refractivity (Wildman–Crippen MR) is 71.2 cm³/mol. The van der Waals surface area contributed by atoms with Gasteiger partial charge < -0.3 is 10.6 Å². The summed E-state index contributed by atoms with van der Waals surface area (Å²) in [5, 5.41) is 8.35. The Labute approximate surface area is 125 Å². The third-order valence-electron chi connectivity index (χ3n) is 3.53. The van der Waals surface area contributed by atoms with Crippen LogP contribution in [0.1, 0.15) is 34.6 Å². The molecule has 9 heteroatoms. The van der Waals surface area contributed by atoms with Gasteiger partial charge in [-0.15, -0.1) is 0 Å². The molecule has 2 amide bonds. The number of amides is 2. The molecule has 0 spiro atoms. The first-order chi connectivity index (χ1) is 10.3. The molecule has 1 aliphatic carbocycles. The SMILES string of the molecule is Cn1nc(C(=O)NCCNC(=O)C(F)(F)F)c2c1CCCC2. The number of rotatable bonds is 4. The van der Waals surface area contributed by atoms with Crippen LogP contribution in [0.5, 0.6) is 0 Å². The van der Waals surface area contributed by atoms with Crippen molar-refractivity contribution in [1.82, 2.24) is 20.4 Å². The number of halogens is 3. The number of aryl methyl sites for hydroxylation is 1. The van der Waals surface area contributed by atoms with E-state index < -0.39 is 18.0 Å². The highest BCUT2D eigenvalue weighted by molar-refractivity contribution is 5.94. The van der Waals surface area contributed by atoms with Crippen LogP contribution in [0.15, 0.2) is 0 Å². The van der Waals surface area contributed by atoms with Crippen molar-refractivity contribution in [2.45, 2.75) is 31.9 Å². The van der Waals surface area contributed by atoms with Gasteiger partial charge in [0.1, 0.15) is 0 Å². The Morgan fingerprint density at radius 3 is 2.50 bits per heavy atom. The zero-order chi connectivity index (χ0) is 16.3. The highest BCUT2D eigenvalue weighted by atomic mass is 19.4. The summed E-state index contributed by atoms with van der Waals surface area (Å²) in [6.45, 7) is -0.384. The van der Waals surface area contributed by atoms with Crippen LogP contribution in [-0.2, 0) is 24.7 Å². The molecule has 0 fully saturated rings. The second kappa shape index (κ2) is 6.37. The normalized spacial score (nSPS) is 14.4. The van der Waals surface area contributed by atoms with E-state index in [4.69, 9.17) is 0 Å².